The molecule has 1 aliphatic rings. The molecule has 2 heterocycles. The Morgan fingerprint density at radius 2 is 1.85 bits per heavy atom. The molecule has 0 bridgehead atoms. The summed E-state index contributed by atoms with van der Waals surface area (Å²) in [5, 5.41) is 23.1. The molecule has 0 spiro atoms. The zero-order chi connectivity index (χ0) is 24.1. The maximum atomic E-state index is 13.1. The van der Waals surface area contributed by atoms with Gasteiger partial charge in [-0.1, -0.05) is 38.0 Å². The van der Waals surface area contributed by atoms with E-state index in [2.05, 4.69) is 6.92 Å². The number of likely N-dealkylation sites (tertiary alicyclic amines) is 1. The lowest BCUT2D eigenvalue weighted by molar-refractivity contribution is -0.140. The van der Waals surface area contributed by atoms with Gasteiger partial charge in [0.15, 0.2) is 0 Å². The lowest BCUT2D eigenvalue weighted by Crippen LogP contribution is -2.28. The smallest absolute Gasteiger partial charge is 0.295 e. The van der Waals surface area contributed by atoms with E-state index in [0.717, 1.165) is 24.1 Å². The molecule has 3 aromatic rings. The van der Waals surface area contributed by atoms with Gasteiger partial charge in [-0.15, -0.1) is 11.3 Å². The first-order chi connectivity index (χ1) is 16.5. The van der Waals surface area contributed by atoms with Crippen molar-refractivity contribution in [3.8, 4) is 11.5 Å². The average molecular weight is 478 g/mol. The van der Waals surface area contributed by atoms with Gasteiger partial charge in [0.1, 0.15) is 17.3 Å². The van der Waals surface area contributed by atoms with Crippen LogP contribution in [0.5, 0.6) is 11.5 Å². The molecule has 7 heteroatoms. The molecule has 34 heavy (non-hydrogen) atoms. The number of aromatic hydroxyl groups is 1. The lowest BCUT2D eigenvalue weighted by Gasteiger charge is -2.25. The van der Waals surface area contributed by atoms with Crippen molar-refractivity contribution in [2.24, 2.45) is 0 Å². The number of nitrogens with zero attached hydrogens (tertiary/aromatic N) is 1. The topological polar surface area (TPSA) is 87.1 Å². The van der Waals surface area contributed by atoms with Crippen molar-refractivity contribution in [3.05, 3.63) is 87.6 Å². The second-order valence-corrected chi connectivity index (χ2v) is 9.21. The Kier molecular flexibility index (Phi) is 7.33. The number of carbonyl (C=O) groups excluding carboxylic acids is 2. The van der Waals surface area contributed by atoms with Crippen molar-refractivity contribution < 1.29 is 24.5 Å². The Bertz CT molecular complexity index is 1180. The molecule has 6 nitrogen and oxygen atoms in total. The quantitative estimate of drug-likeness (QED) is 0.180. The average Bonchev–Trinajstić information content (AvgIpc) is 3.44. The highest BCUT2D eigenvalue weighted by atomic mass is 32.1. The molecule has 2 N–H and O–H groups in total. The number of Topliss-reactive ketones (excluding diaryl/α,β-unsaturated/α-hetero) is 1. The fraction of sp³-hybridized carbons (Fsp3) is 0.259. The van der Waals surface area contributed by atoms with E-state index < -0.39 is 17.7 Å². The first kappa shape index (κ1) is 23.6. The number of aliphatic hydroxyl groups excluding tert-OH is 1. The number of unbranched alkanes of at least 4 members (excludes halogenated alkanes) is 2. The zero-order valence-corrected chi connectivity index (χ0v) is 19.8. The molecule has 1 atom stereocenters. The van der Waals surface area contributed by atoms with Gasteiger partial charge in [-0.2, -0.15) is 0 Å². The van der Waals surface area contributed by atoms with Crippen LogP contribution in [0.15, 0.2) is 71.6 Å². The minimum atomic E-state index is -0.820. The van der Waals surface area contributed by atoms with Crippen LogP contribution in [0.2, 0.25) is 0 Å². The number of carbonyl (C=O) groups is 2. The molecular formula is C27H27NO5S. The van der Waals surface area contributed by atoms with E-state index in [1.165, 1.54) is 28.4 Å². The predicted octanol–water partition coefficient (Wildman–Crippen LogP) is 5.64. The van der Waals surface area contributed by atoms with Crippen LogP contribution in [0.4, 0.5) is 0 Å². The summed E-state index contributed by atoms with van der Waals surface area (Å²) in [5.41, 5.74) is 0.970. The number of aliphatic hydroxyl groups is 1. The summed E-state index contributed by atoms with van der Waals surface area (Å²) in [6, 6.07) is 16.2. The molecule has 176 valence electrons. The molecular weight excluding hydrogens is 450 g/mol. The SMILES string of the molecule is CCCCCOc1ccc(/C(O)=C2/C(=O)C(=O)N(Cc3cccs3)C2c2cccc(O)c2)cc1. The second kappa shape index (κ2) is 10.6. The summed E-state index contributed by atoms with van der Waals surface area (Å²) < 4.78 is 5.73. The van der Waals surface area contributed by atoms with Gasteiger partial charge >= 0.3 is 0 Å². The number of thiophene rings is 1. The van der Waals surface area contributed by atoms with Gasteiger partial charge in [-0.25, -0.2) is 0 Å². The van der Waals surface area contributed by atoms with Crippen molar-refractivity contribution in [1.29, 1.82) is 0 Å². The van der Waals surface area contributed by atoms with Crippen LogP contribution in [0.3, 0.4) is 0 Å². The number of phenolic OH excluding ortho intramolecular Hbond substituents is 1. The molecule has 4 rings (SSSR count). The number of rotatable bonds is 9. The molecule has 1 amide bonds. The summed E-state index contributed by atoms with van der Waals surface area (Å²) in [6.07, 6.45) is 3.18. The van der Waals surface area contributed by atoms with Crippen LogP contribution < -0.4 is 4.74 Å². The highest BCUT2D eigenvalue weighted by molar-refractivity contribution is 7.09. The first-order valence-corrected chi connectivity index (χ1v) is 12.2. The van der Waals surface area contributed by atoms with Gasteiger partial charge in [-0.05, 0) is 59.8 Å². The van der Waals surface area contributed by atoms with Gasteiger partial charge in [0.2, 0.25) is 0 Å². The van der Waals surface area contributed by atoms with E-state index in [4.69, 9.17) is 4.74 Å². The van der Waals surface area contributed by atoms with Gasteiger partial charge in [0, 0.05) is 10.4 Å². The Morgan fingerprint density at radius 1 is 1.06 bits per heavy atom. The van der Waals surface area contributed by atoms with Crippen LogP contribution in [-0.2, 0) is 16.1 Å². The molecule has 1 unspecified atom stereocenters. The molecule has 1 fully saturated rings. The third kappa shape index (κ3) is 4.99. The number of benzene rings is 2. The number of phenols is 1. The van der Waals surface area contributed by atoms with Crippen molar-refractivity contribution in [3.63, 3.8) is 0 Å². The molecule has 1 aromatic heterocycles. The second-order valence-electron chi connectivity index (χ2n) is 8.18. The Morgan fingerprint density at radius 3 is 2.53 bits per heavy atom. The highest BCUT2D eigenvalue weighted by Gasteiger charge is 2.46. The normalized spacial score (nSPS) is 17.3. The van der Waals surface area contributed by atoms with Gasteiger partial charge in [0.05, 0.1) is 24.8 Å². The molecule has 0 aliphatic carbocycles. The first-order valence-electron chi connectivity index (χ1n) is 11.3. The van der Waals surface area contributed by atoms with Crippen molar-refractivity contribution >= 4 is 28.8 Å². The van der Waals surface area contributed by atoms with Crippen LogP contribution >= 0.6 is 11.3 Å². The number of ketones is 1. The maximum Gasteiger partial charge on any atom is 0.295 e. The Hall–Kier alpha value is -3.58. The van der Waals surface area contributed by atoms with Crippen molar-refractivity contribution in [2.45, 2.75) is 38.8 Å². The predicted molar refractivity (Wildman–Crippen MR) is 132 cm³/mol. The number of amides is 1. The monoisotopic (exact) mass is 477 g/mol. The maximum absolute atomic E-state index is 13.1. The van der Waals surface area contributed by atoms with E-state index in [0.29, 0.717) is 23.5 Å². The zero-order valence-electron chi connectivity index (χ0n) is 18.9. The molecule has 1 aliphatic heterocycles. The largest absolute Gasteiger partial charge is 0.508 e. The van der Waals surface area contributed by atoms with Crippen molar-refractivity contribution in [1.82, 2.24) is 4.90 Å². The molecule has 2 aromatic carbocycles. The fourth-order valence-electron chi connectivity index (χ4n) is 4.06. The van der Waals surface area contributed by atoms with Gasteiger partial charge in [-0.3, -0.25) is 9.59 Å². The lowest BCUT2D eigenvalue weighted by atomic mass is 9.95. The molecule has 1 saturated heterocycles. The third-order valence-corrected chi connectivity index (χ3v) is 6.64. The minimum absolute atomic E-state index is 0.00349. The van der Waals surface area contributed by atoms with Gasteiger partial charge in [0.25, 0.3) is 11.7 Å². The van der Waals surface area contributed by atoms with Crippen LogP contribution in [-0.4, -0.2) is 33.4 Å². The van der Waals surface area contributed by atoms with Crippen molar-refractivity contribution in [2.75, 3.05) is 6.61 Å². The fourth-order valence-corrected chi connectivity index (χ4v) is 4.76. The van der Waals surface area contributed by atoms with E-state index in [1.54, 1.807) is 36.4 Å². The summed E-state index contributed by atoms with van der Waals surface area (Å²) in [5.74, 6) is -0.988. The van der Waals surface area contributed by atoms with E-state index in [9.17, 15) is 19.8 Å². The van der Waals surface area contributed by atoms with E-state index in [1.807, 2.05) is 17.5 Å². The number of hydrogen-bond donors (Lipinski definition) is 2. The van der Waals surface area contributed by atoms with Crippen LogP contribution in [0.1, 0.15) is 48.2 Å². The Balaban J connectivity index is 1.70. The Labute approximate surface area is 202 Å². The minimum Gasteiger partial charge on any atom is -0.508 e. The summed E-state index contributed by atoms with van der Waals surface area (Å²) in [7, 11) is 0. The number of ether oxygens (including phenoxy) is 1. The van der Waals surface area contributed by atoms with Crippen LogP contribution in [0, 0.1) is 0 Å². The van der Waals surface area contributed by atoms with E-state index in [-0.39, 0.29) is 23.6 Å². The summed E-state index contributed by atoms with van der Waals surface area (Å²) in [4.78, 5) is 28.5. The summed E-state index contributed by atoms with van der Waals surface area (Å²) >= 11 is 1.48. The van der Waals surface area contributed by atoms with Crippen LogP contribution in [0.25, 0.3) is 5.76 Å². The molecule has 0 radical (unpaired) electrons. The summed E-state index contributed by atoms with van der Waals surface area (Å²) in [6.45, 7) is 2.97. The third-order valence-electron chi connectivity index (χ3n) is 5.78. The standard InChI is InChI=1S/C27H27NO5S/c1-2-3-4-14-33-21-12-10-18(11-13-21)25(30)23-24(19-7-5-8-20(29)16-19)28(27(32)26(23)31)17-22-9-6-15-34-22/h5-13,15-16,24,29-30H,2-4,14,17H2,1H3/b25-23-. The number of hydrogen-bond acceptors (Lipinski definition) is 6. The molecule has 0 saturated carbocycles. The highest BCUT2D eigenvalue weighted by Crippen LogP contribution is 2.41. The van der Waals surface area contributed by atoms with Gasteiger partial charge < -0.3 is 19.8 Å². The van der Waals surface area contributed by atoms with E-state index >= 15 is 0 Å².